The van der Waals surface area contributed by atoms with Crippen LogP contribution < -0.4 is 20.3 Å². The normalized spacial score (nSPS) is 15.9. The van der Waals surface area contributed by atoms with E-state index in [0.29, 0.717) is 50.8 Å². The SMILES string of the molecule is CCCCCNc1nc2c(C)cccn2c(=O)c1C=C1SC(=S)N(Cc2ccc3c(c2)OCO3)C1=O. The average molecular weight is 523 g/mol. The lowest BCUT2D eigenvalue weighted by molar-refractivity contribution is -0.122. The Hall–Kier alpha value is -3.37. The smallest absolute Gasteiger partial charge is 0.267 e. The van der Waals surface area contributed by atoms with E-state index in [2.05, 4.69) is 12.2 Å². The van der Waals surface area contributed by atoms with Crippen LogP contribution in [0.4, 0.5) is 5.82 Å². The van der Waals surface area contributed by atoms with Gasteiger partial charge in [-0.25, -0.2) is 4.98 Å². The molecule has 0 bridgehead atoms. The number of rotatable bonds is 8. The molecule has 10 heteroatoms. The number of carbonyl (C=O) groups is 1. The van der Waals surface area contributed by atoms with E-state index in [9.17, 15) is 9.59 Å². The van der Waals surface area contributed by atoms with Gasteiger partial charge >= 0.3 is 0 Å². The van der Waals surface area contributed by atoms with Crippen molar-refractivity contribution in [2.75, 3.05) is 18.7 Å². The minimum absolute atomic E-state index is 0.187. The molecule has 0 unspecified atom stereocenters. The van der Waals surface area contributed by atoms with E-state index in [1.807, 2.05) is 37.3 Å². The fraction of sp³-hybridized carbons (Fsp3) is 0.308. The molecule has 2 aromatic heterocycles. The third kappa shape index (κ3) is 4.70. The molecule has 0 atom stereocenters. The first-order valence-corrected chi connectivity index (χ1v) is 13.1. The first-order valence-electron chi connectivity index (χ1n) is 11.9. The summed E-state index contributed by atoms with van der Waals surface area (Å²) in [5.41, 5.74) is 2.47. The Morgan fingerprint density at radius 3 is 2.86 bits per heavy atom. The van der Waals surface area contributed by atoms with Crippen molar-refractivity contribution in [2.24, 2.45) is 0 Å². The molecule has 0 aliphatic carbocycles. The molecule has 3 aromatic rings. The van der Waals surface area contributed by atoms with Crippen LogP contribution in [-0.2, 0) is 11.3 Å². The van der Waals surface area contributed by atoms with Crippen molar-refractivity contribution in [3.05, 3.63) is 68.5 Å². The minimum atomic E-state index is -0.242. The van der Waals surface area contributed by atoms with Gasteiger partial charge in [-0.2, -0.15) is 0 Å². The summed E-state index contributed by atoms with van der Waals surface area (Å²) in [5.74, 6) is 1.57. The number of fused-ring (bicyclic) bond motifs is 2. The molecule has 8 nitrogen and oxygen atoms in total. The molecule has 0 spiro atoms. The molecule has 1 fully saturated rings. The minimum Gasteiger partial charge on any atom is -0.454 e. The maximum atomic E-state index is 13.5. The largest absolute Gasteiger partial charge is 0.454 e. The number of amides is 1. The number of anilines is 1. The number of hydrogen-bond acceptors (Lipinski definition) is 8. The highest BCUT2D eigenvalue weighted by Crippen LogP contribution is 2.36. The Balaban J connectivity index is 1.47. The third-order valence-corrected chi connectivity index (χ3v) is 7.46. The van der Waals surface area contributed by atoms with E-state index in [0.717, 1.165) is 30.4 Å². The Labute approximate surface area is 218 Å². The predicted molar refractivity (Wildman–Crippen MR) is 145 cm³/mol. The van der Waals surface area contributed by atoms with Crippen molar-refractivity contribution in [1.29, 1.82) is 0 Å². The van der Waals surface area contributed by atoms with Crippen LogP contribution in [0.3, 0.4) is 0 Å². The third-order valence-electron chi connectivity index (χ3n) is 6.08. The highest BCUT2D eigenvalue weighted by molar-refractivity contribution is 8.26. The fourth-order valence-electron chi connectivity index (χ4n) is 4.15. The van der Waals surface area contributed by atoms with Crippen LogP contribution in [0.2, 0.25) is 0 Å². The lowest BCUT2D eigenvalue weighted by Gasteiger charge is -2.15. The number of aromatic nitrogens is 2. The molecule has 1 saturated heterocycles. The van der Waals surface area contributed by atoms with Gasteiger partial charge in [0.15, 0.2) is 11.5 Å². The topological polar surface area (TPSA) is 85.2 Å². The van der Waals surface area contributed by atoms with Crippen molar-refractivity contribution in [2.45, 2.75) is 39.7 Å². The van der Waals surface area contributed by atoms with Gasteiger partial charge in [0.05, 0.1) is 17.0 Å². The number of nitrogens with zero attached hydrogens (tertiary/aromatic N) is 3. The second-order valence-electron chi connectivity index (χ2n) is 8.65. The van der Waals surface area contributed by atoms with Crippen LogP contribution in [0.15, 0.2) is 46.2 Å². The number of benzene rings is 1. The molecule has 1 N–H and O–H groups in total. The van der Waals surface area contributed by atoms with Gasteiger partial charge in [0.25, 0.3) is 11.5 Å². The predicted octanol–water partition coefficient (Wildman–Crippen LogP) is 4.74. The van der Waals surface area contributed by atoms with Gasteiger partial charge in [-0.3, -0.25) is 18.9 Å². The highest BCUT2D eigenvalue weighted by atomic mass is 32.2. The Morgan fingerprint density at radius 1 is 1.19 bits per heavy atom. The van der Waals surface area contributed by atoms with Gasteiger partial charge in [-0.15, -0.1) is 0 Å². The van der Waals surface area contributed by atoms with E-state index in [1.165, 1.54) is 21.1 Å². The van der Waals surface area contributed by atoms with E-state index >= 15 is 0 Å². The number of ether oxygens (including phenoxy) is 2. The van der Waals surface area contributed by atoms with Crippen LogP contribution in [0.25, 0.3) is 11.7 Å². The Kier molecular flexibility index (Phi) is 6.97. The number of thiocarbonyl (C=S) groups is 1. The number of carbonyl (C=O) groups excluding carboxylic acids is 1. The van der Waals surface area contributed by atoms with Gasteiger partial charge < -0.3 is 14.8 Å². The van der Waals surface area contributed by atoms with Crippen molar-refractivity contribution in [3.8, 4) is 11.5 Å². The summed E-state index contributed by atoms with van der Waals surface area (Å²) in [5, 5.41) is 3.32. The van der Waals surface area contributed by atoms with Crippen molar-refractivity contribution in [3.63, 3.8) is 0 Å². The van der Waals surface area contributed by atoms with Crippen molar-refractivity contribution < 1.29 is 14.3 Å². The van der Waals surface area contributed by atoms with E-state index < -0.39 is 0 Å². The quantitative estimate of drug-likeness (QED) is 0.258. The lowest BCUT2D eigenvalue weighted by atomic mass is 10.2. The van der Waals surface area contributed by atoms with Gasteiger partial charge in [-0.1, -0.05) is 55.9 Å². The van der Waals surface area contributed by atoms with Crippen LogP contribution in [0.5, 0.6) is 11.5 Å². The number of thioether (sulfide) groups is 1. The van der Waals surface area contributed by atoms with Gasteiger partial charge in [0, 0.05) is 12.7 Å². The van der Waals surface area contributed by atoms with Crippen LogP contribution in [0, 0.1) is 6.92 Å². The number of aryl methyl sites for hydroxylation is 1. The molecule has 2 aliphatic rings. The molecule has 36 heavy (non-hydrogen) atoms. The highest BCUT2D eigenvalue weighted by Gasteiger charge is 2.33. The second kappa shape index (κ2) is 10.3. The van der Waals surface area contributed by atoms with Gasteiger partial charge in [0.2, 0.25) is 6.79 Å². The van der Waals surface area contributed by atoms with Gasteiger partial charge in [-0.05, 0) is 48.7 Å². The first-order chi connectivity index (χ1) is 17.5. The Morgan fingerprint density at radius 2 is 2.03 bits per heavy atom. The molecule has 186 valence electrons. The molecular formula is C26H26N4O4S2. The average Bonchev–Trinajstić information content (AvgIpc) is 3.44. The van der Waals surface area contributed by atoms with Crippen molar-refractivity contribution in [1.82, 2.24) is 14.3 Å². The zero-order valence-electron chi connectivity index (χ0n) is 20.1. The summed E-state index contributed by atoms with van der Waals surface area (Å²) >= 11 is 6.71. The lowest BCUT2D eigenvalue weighted by Crippen LogP contribution is -2.27. The molecule has 1 amide bonds. The summed E-state index contributed by atoms with van der Waals surface area (Å²) < 4.78 is 12.8. The summed E-state index contributed by atoms with van der Waals surface area (Å²) in [6.07, 6.45) is 6.44. The summed E-state index contributed by atoms with van der Waals surface area (Å²) in [6.45, 7) is 5.24. The zero-order chi connectivity index (χ0) is 25.2. The van der Waals surface area contributed by atoms with Crippen LogP contribution in [-0.4, -0.2) is 37.8 Å². The number of unbranched alkanes of at least 4 members (excludes halogenated alkanes) is 2. The fourth-order valence-corrected chi connectivity index (χ4v) is 5.38. The maximum absolute atomic E-state index is 13.5. The van der Waals surface area contributed by atoms with E-state index in [-0.39, 0.29) is 18.3 Å². The van der Waals surface area contributed by atoms with Gasteiger partial charge in [0.1, 0.15) is 15.8 Å². The maximum Gasteiger partial charge on any atom is 0.267 e. The first kappa shape index (κ1) is 24.3. The standard InChI is InChI=1S/C26H26N4O4S2/c1-3-4-5-10-27-22-18(24(31)29-11-6-7-16(2)23(29)28-22)13-21-25(32)30(26(35)36-21)14-17-8-9-19-20(12-17)34-15-33-19/h6-9,11-13,27H,3-5,10,14-15H2,1-2H3. The molecule has 0 radical (unpaired) electrons. The molecule has 4 heterocycles. The second-order valence-corrected chi connectivity index (χ2v) is 10.3. The van der Waals surface area contributed by atoms with E-state index in [4.69, 9.17) is 26.7 Å². The zero-order valence-corrected chi connectivity index (χ0v) is 21.7. The Bertz CT molecular complexity index is 1450. The molecule has 0 saturated carbocycles. The summed E-state index contributed by atoms with van der Waals surface area (Å²) in [7, 11) is 0. The molecule has 5 rings (SSSR count). The molecular weight excluding hydrogens is 496 g/mol. The van der Waals surface area contributed by atoms with Crippen molar-refractivity contribution >= 4 is 51.7 Å². The summed E-state index contributed by atoms with van der Waals surface area (Å²) in [4.78, 5) is 33.5. The monoisotopic (exact) mass is 522 g/mol. The number of nitrogens with one attached hydrogen (secondary N) is 1. The van der Waals surface area contributed by atoms with E-state index in [1.54, 1.807) is 12.3 Å². The summed E-state index contributed by atoms with van der Waals surface area (Å²) in [6, 6.07) is 9.30. The van der Waals surface area contributed by atoms with Crippen LogP contribution in [0.1, 0.15) is 42.9 Å². The number of hydrogen-bond donors (Lipinski definition) is 1. The molecule has 1 aromatic carbocycles. The molecule has 2 aliphatic heterocycles. The van der Waals surface area contributed by atoms with Crippen LogP contribution >= 0.6 is 24.0 Å². The number of pyridine rings is 1.